The van der Waals surface area contributed by atoms with Crippen LogP contribution in [0.3, 0.4) is 0 Å². The Labute approximate surface area is 122 Å². The van der Waals surface area contributed by atoms with Crippen molar-refractivity contribution in [3.05, 3.63) is 0 Å². The molecule has 0 aliphatic rings. The molecule has 2 amide bonds. The number of nitrogens with one attached hydrogen (secondary N) is 2. The van der Waals surface area contributed by atoms with E-state index < -0.39 is 18.0 Å². The van der Waals surface area contributed by atoms with Crippen molar-refractivity contribution in [2.75, 3.05) is 0 Å². The minimum Gasteiger partial charge on any atom is -0.480 e. The second-order valence-corrected chi connectivity index (χ2v) is 6.05. The maximum absolute atomic E-state index is 11.8. The van der Waals surface area contributed by atoms with E-state index in [1.807, 2.05) is 20.8 Å². The van der Waals surface area contributed by atoms with E-state index in [0.717, 1.165) is 19.3 Å². The molecule has 0 radical (unpaired) electrons. The van der Waals surface area contributed by atoms with Crippen molar-refractivity contribution in [3.8, 4) is 0 Å². The van der Waals surface area contributed by atoms with Gasteiger partial charge in [-0.3, -0.25) is 0 Å². The number of hydrogen-bond acceptors (Lipinski definition) is 2. The monoisotopic (exact) mass is 286 g/mol. The van der Waals surface area contributed by atoms with Gasteiger partial charge >= 0.3 is 12.0 Å². The third-order valence-corrected chi connectivity index (χ3v) is 3.56. The first-order chi connectivity index (χ1) is 9.27. The summed E-state index contributed by atoms with van der Waals surface area (Å²) in [7, 11) is 0. The molecule has 0 aromatic rings. The normalized spacial score (nSPS) is 15.5. The SMILES string of the molecule is CC[C@@H](C)[C@H](NC(=O)N[C@H](C)CCCC(C)C)C(=O)O. The van der Waals surface area contributed by atoms with Gasteiger partial charge in [0.15, 0.2) is 0 Å². The molecule has 0 heterocycles. The molecule has 20 heavy (non-hydrogen) atoms. The van der Waals surface area contributed by atoms with Crippen LogP contribution in [0.15, 0.2) is 0 Å². The van der Waals surface area contributed by atoms with Crippen molar-refractivity contribution in [2.45, 2.75) is 72.4 Å². The summed E-state index contributed by atoms with van der Waals surface area (Å²) in [5.41, 5.74) is 0. The van der Waals surface area contributed by atoms with E-state index in [4.69, 9.17) is 5.11 Å². The second-order valence-electron chi connectivity index (χ2n) is 6.05. The Morgan fingerprint density at radius 2 is 1.65 bits per heavy atom. The average Bonchev–Trinajstić information content (AvgIpc) is 2.34. The lowest BCUT2D eigenvalue weighted by atomic mass is 9.99. The van der Waals surface area contributed by atoms with E-state index in [-0.39, 0.29) is 12.0 Å². The molecule has 3 N–H and O–H groups in total. The number of hydrogen-bond donors (Lipinski definition) is 3. The smallest absolute Gasteiger partial charge is 0.326 e. The number of rotatable bonds is 9. The molecule has 0 aromatic heterocycles. The number of aliphatic carboxylic acids is 1. The first kappa shape index (κ1) is 18.7. The molecule has 5 nitrogen and oxygen atoms in total. The van der Waals surface area contributed by atoms with Crippen molar-refractivity contribution in [1.82, 2.24) is 10.6 Å². The molecule has 0 aliphatic heterocycles. The summed E-state index contributed by atoms with van der Waals surface area (Å²) in [6, 6.07) is -1.17. The Morgan fingerprint density at radius 3 is 2.10 bits per heavy atom. The van der Waals surface area contributed by atoms with Crippen molar-refractivity contribution in [1.29, 1.82) is 0 Å². The molecule has 0 unspecified atom stereocenters. The van der Waals surface area contributed by atoms with Crippen molar-refractivity contribution in [3.63, 3.8) is 0 Å². The lowest BCUT2D eigenvalue weighted by Gasteiger charge is -2.22. The zero-order valence-electron chi connectivity index (χ0n) is 13.4. The lowest BCUT2D eigenvalue weighted by molar-refractivity contribution is -0.140. The quantitative estimate of drug-likeness (QED) is 0.609. The van der Waals surface area contributed by atoms with E-state index in [2.05, 4.69) is 24.5 Å². The maximum Gasteiger partial charge on any atom is 0.326 e. The van der Waals surface area contributed by atoms with Crippen LogP contribution in [0, 0.1) is 11.8 Å². The summed E-state index contributed by atoms with van der Waals surface area (Å²) in [4.78, 5) is 22.9. The predicted octanol–water partition coefficient (Wildman–Crippen LogP) is 3.00. The Kier molecular flexibility index (Phi) is 9.01. The fourth-order valence-corrected chi connectivity index (χ4v) is 1.99. The van der Waals surface area contributed by atoms with E-state index in [1.165, 1.54) is 0 Å². The van der Waals surface area contributed by atoms with Crippen LogP contribution in [0.5, 0.6) is 0 Å². The van der Waals surface area contributed by atoms with E-state index >= 15 is 0 Å². The van der Waals surface area contributed by atoms with Gasteiger partial charge in [-0.25, -0.2) is 9.59 Å². The first-order valence-electron chi connectivity index (χ1n) is 7.57. The number of amides is 2. The van der Waals surface area contributed by atoms with Gasteiger partial charge in [0.05, 0.1) is 0 Å². The van der Waals surface area contributed by atoms with Gasteiger partial charge in [-0.1, -0.05) is 47.0 Å². The Bertz CT molecular complexity index is 305. The van der Waals surface area contributed by atoms with E-state index in [0.29, 0.717) is 12.3 Å². The summed E-state index contributed by atoms with van der Waals surface area (Å²) in [5, 5.41) is 14.5. The van der Waals surface area contributed by atoms with Crippen molar-refractivity contribution >= 4 is 12.0 Å². The molecule has 5 heteroatoms. The van der Waals surface area contributed by atoms with E-state index in [9.17, 15) is 9.59 Å². The van der Waals surface area contributed by atoms with Gasteiger partial charge in [-0.05, 0) is 25.2 Å². The highest BCUT2D eigenvalue weighted by atomic mass is 16.4. The van der Waals surface area contributed by atoms with Crippen LogP contribution in [-0.4, -0.2) is 29.2 Å². The van der Waals surface area contributed by atoms with E-state index in [1.54, 1.807) is 0 Å². The Balaban J connectivity index is 4.15. The molecular weight excluding hydrogens is 256 g/mol. The fourth-order valence-electron chi connectivity index (χ4n) is 1.99. The van der Waals surface area contributed by atoms with Crippen molar-refractivity contribution in [2.24, 2.45) is 11.8 Å². The molecule has 0 aromatic carbocycles. The third-order valence-electron chi connectivity index (χ3n) is 3.56. The molecule has 0 saturated carbocycles. The van der Waals surface area contributed by atoms with Gasteiger partial charge in [-0.15, -0.1) is 0 Å². The molecule has 118 valence electrons. The largest absolute Gasteiger partial charge is 0.480 e. The predicted molar refractivity (Wildman–Crippen MR) is 80.7 cm³/mol. The number of urea groups is 1. The zero-order chi connectivity index (χ0) is 15.7. The van der Waals surface area contributed by atoms with Gasteiger partial charge in [0.2, 0.25) is 0 Å². The highest BCUT2D eigenvalue weighted by Crippen LogP contribution is 2.09. The third kappa shape index (κ3) is 8.02. The van der Waals surface area contributed by atoms with Crippen LogP contribution in [0.4, 0.5) is 4.79 Å². The van der Waals surface area contributed by atoms with Crippen LogP contribution in [0.2, 0.25) is 0 Å². The summed E-state index contributed by atoms with van der Waals surface area (Å²) in [6.07, 6.45) is 3.82. The van der Waals surface area contributed by atoms with Crippen LogP contribution in [0.1, 0.15) is 60.3 Å². The lowest BCUT2D eigenvalue weighted by Crippen LogP contribution is -2.50. The van der Waals surface area contributed by atoms with Gasteiger partial charge in [-0.2, -0.15) is 0 Å². The molecule has 0 bridgehead atoms. The zero-order valence-corrected chi connectivity index (χ0v) is 13.4. The molecule has 0 spiro atoms. The van der Waals surface area contributed by atoms with Gasteiger partial charge in [0, 0.05) is 6.04 Å². The highest BCUT2D eigenvalue weighted by molar-refractivity contribution is 5.82. The number of carboxylic acids is 1. The Hall–Kier alpha value is -1.26. The van der Waals surface area contributed by atoms with Gasteiger partial charge in [0.1, 0.15) is 6.04 Å². The molecule has 0 fully saturated rings. The number of carbonyl (C=O) groups is 2. The number of carboxylic acid groups (broad SMARTS) is 1. The minimum absolute atomic E-state index is 0.0557. The standard InChI is InChI=1S/C15H30N2O3/c1-6-11(4)13(14(18)19)17-15(20)16-12(5)9-7-8-10(2)3/h10-13H,6-9H2,1-5H3,(H,18,19)(H2,16,17,20)/t11-,12-,13+/m1/s1. The number of carbonyl (C=O) groups excluding carboxylic acids is 1. The highest BCUT2D eigenvalue weighted by Gasteiger charge is 2.25. The molecule has 3 atom stereocenters. The summed E-state index contributed by atoms with van der Waals surface area (Å²) in [6.45, 7) is 10.0. The van der Waals surface area contributed by atoms with Crippen LogP contribution >= 0.6 is 0 Å². The fraction of sp³-hybridized carbons (Fsp3) is 0.867. The van der Waals surface area contributed by atoms with Crippen molar-refractivity contribution < 1.29 is 14.7 Å². The second kappa shape index (κ2) is 9.61. The Morgan fingerprint density at radius 1 is 1.05 bits per heavy atom. The average molecular weight is 286 g/mol. The van der Waals surface area contributed by atoms with Crippen LogP contribution in [-0.2, 0) is 4.79 Å². The molecule has 0 aliphatic carbocycles. The molecular formula is C15H30N2O3. The molecule has 0 rings (SSSR count). The topological polar surface area (TPSA) is 78.4 Å². The minimum atomic E-state index is -0.984. The summed E-state index contributed by atoms with van der Waals surface area (Å²) < 4.78 is 0. The maximum atomic E-state index is 11.8. The summed E-state index contributed by atoms with van der Waals surface area (Å²) in [5.74, 6) is -0.408. The van der Waals surface area contributed by atoms with Gasteiger partial charge < -0.3 is 15.7 Å². The molecule has 0 saturated heterocycles. The van der Waals surface area contributed by atoms with Crippen LogP contribution in [0.25, 0.3) is 0 Å². The van der Waals surface area contributed by atoms with Gasteiger partial charge in [0.25, 0.3) is 0 Å². The summed E-state index contributed by atoms with van der Waals surface area (Å²) >= 11 is 0. The van der Waals surface area contributed by atoms with Crippen LogP contribution < -0.4 is 10.6 Å². The first-order valence-corrected chi connectivity index (χ1v) is 7.57.